The second kappa shape index (κ2) is 11.8. The fourth-order valence-corrected chi connectivity index (χ4v) is 3.78. The van der Waals surface area contributed by atoms with Crippen LogP contribution in [-0.4, -0.2) is 24.2 Å². The molecule has 0 aliphatic heterocycles. The molecule has 0 aliphatic rings. The van der Waals surface area contributed by atoms with Crippen LogP contribution in [0.2, 0.25) is 0 Å². The lowest BCUT2D eigenvalue weighted by Crippen LogP contribution is -3.00. The Labute approximate surface area is 204 Å². The first-order chi connectivity index (χ1) is 12.0. The van der Waals surface area contributed by atoms with Crippen molar-refractivity contribution in [2.45, 2.75) is 18.1 Å². The molecule has 3 N–H and O–H groups in total. The number of benzene rings is 1. The van der Waals surface area contributed by atoms with Gasteiger partial charge in [0, 0.05) is 14.8 Å². The number of pyridine rings is 1. The zero-order valence-corrected chi connectivity index (χ0v) is 20.5. The highest BCUT2D eigenvalue weighted by Gasteiger charge is 2.32. The lowest BCUT2D eigenvalue weighted by atomic mass is 10.4. The van der Waals surface area contributed by atoms with Crippen molar-refractivity contribution in [1.82, 2.24) is 4.09 Å². The number of nitrogens with zero attached hydrogens (tertiary/aromatic N) is 4. The zero-order valence-electron chi connectivity index (χ0n) is 14.6. The molecule has 2 heterocycles. The molecule has 0 bridgehead atoms. The van der Waals surface area contributed by atoms with Crippen molar-refractivity contribution < 1.29 is 87.7 Å². The van der Waals surface area contributed by atoms with E-state index >= 15 is 0 Å². The first kappa shape index (κ1) is 27.0. The molecule has 8 nitrogen and oxygen atoms in total. The van der Waals surface area contributed by atoms with Crippen LogP contribution in [0.3, 0.4) is 0 Å². The number of nitrogen functional groups attached to an aromatic ring is 1. The van der Waals surface area contributed by atoms with Crippen LogP contribution in [-0.2, 0) is 23.2 Å². The molecule has 3 aromatic rings. The van der Waals surface area contributed by atoms with Crippen molar-refractivity contribution in [2.75, 3.05) is 12.3 Å². The van der Waals surface area contributed by atoms with Crippen LogP contribution in [0.4, 0.5) is 5.82 Å². The van der Waals surface area contributed by atoms with Crippen LogP contribution in [0.1, 0.15) is 0 Å². The van der Waals surface area contributed by atoms with E-state index in [0.717, 1.165) is 4.09 Å². The third-order valence-corrected chi connectivity index (χ3v) is 5.36. The molecule has 0 fully saturated rings. The SMILES string of the molecule is Nc1cccc[n+]1C[n+]1c[n+](CCO)cn1S(=O)(=O)c1ccccc1.[Cl-].[I-].[I-]. The van der Waals surface area contributed by atoms with Crippen LogP contribution in [0.15, 0.2) is 72.3 Å². The highest BCUT2D eigenvalue weighted by molar-refractivity contribution is 7.89. The molecule has 12 heteroatoms. The van der Waals surface area contributed by atoms with Crippen LogP contribution in [0, 0.1) is 0 Å². The summed E-state index contributed by atoms with van der Waals surface area (Å²) < 4.78 is 32.0. The highest BCUT2D eigenvalue weighted by atomic mass is 127. The predicted molar refractivity (Wildman–Crippen MR) is 87.4 cm³/mol. The van der Waals surface area contributed by atoms with Crippen LogP contribution < -0.4 is 79.9 Å². The molecule has 0 saturated heterocycles. The summed E-state index contributed by atoms with van der Waals surface area (Å²) in [5.41, 5.74) is 5.95. The molecule has 0 spiro atoms. The van der Waals surface area contributed by atoms with Crippen molar-refractivity contribution in [3.8, 4) is 0 Å². The van der Waals surface area contributed by atoms with E-state index in [-0.39, 0.29) is 85.1 Å². The number of hydrogen-bond acceptors (Lipinski definition) is 4. The Balaban J connectivity index is 0.00000243. The Bertz CT molecular complexity index is 987. The molecule has 28 heavy (non-hydrogen) atoms. The predicted octanol–water partition coefficient (Wildman–Crippen LogP) is -10.3. The number of nitrogens with two attached hydrogens (primary N) is 1. The van der Waals surface area contributed by atoms with Crippen LogP contribution in [0.25, 0.3) is 0 Å². The second-order valence-corrected chi connectivity index (χ2v) is 7.25. The number of halogens is 3. The number of aliphatic hydroxyl groups is 1. The molecular weight excluding hydrogens is 632 g/mol. The van der Waals surface area contributed by atoms with E-state index in [2.05, 4.69) is 0 Å². The third-order valence-electron chi connectivity index (χ3n) is 3.70. The van der Waals surface area contributed by atoms with E-state index in [1.807, 2.05) is 12.1 Å². The van der Waals surface area contributed by atoms with Gasteiger partial charge in [-0.3, -0.25) is 5.73 Å². The first-order valence-electron chi connectivity index (χ1n) is 7.69. The Morgan fingerprint density at radius 3 is 2.29 bits per heavy atom. The van der Waals surface area contributed by atoms with Crippen molar-refractivity contribution in [3.63, 3.8) is 0 Å². The van der Waals surface area contributed by atoms with E-state index in [0.29, 0.717) is 5.82 Å². The zero-order chi connectivity index (χ0) is 17.9. The van der Waals surface area contributed by atoms with Gasteiger partial charge in [0.05, 0.1) is 11.1 Å². The van der Waals surface area contributed by atoms with E-state index in [1.54, 1.807) is 58.1 Å². The minimum atomic E-state index is -3.78. The topological polar surface area (TPSA) is 97.0 Å². The number of aromatic nitrogens is 4. The Morgan fingerprint density at radius 1 is 1.04 bits per heavy atom. The lowest BCUT2D eigenvalue weighted by Gasteiger charge is -2.02. The molecule has 3 rings (SSSR count). The normalized spacial score (nSPS) is 10.3. The molecule has 0 unspecified atom stereocenters. The molecule has 1 aromatic carbocycles. The Morgan fingerprint density at radius 2 is 1.68 bits per heavy atom. The van der Waals surface area contributed by atoms with Crippen LogP contribution in [0.5, 0.6) is 0 Å². The summed E-state index contributed by atoms with van der Waals surface area (Å²) in [6, 6.07) is 13.6. The van der Waals surface area contributed by atoms with E-state index in [4.69, 9.17) is 10.8 Å². The highest BCUT2D eigenvalue weighted by Crippen LogP contribution is 2.10. The van der Waals surface area contributed by atoms with Gasteiger partial charge in [-0.25, -0.2) is 0 Å². The summed E-state index contributed by atoms with van der Waals surface area (Å²) in [7, 11) is -3.78. The number of rotatable bonds is 6. The van der Waals surface area contributed by atoms with Gasteiger partial charge in [-0.1, -0.05) is 24.3 Å². The second-order valence-electron chi connectivity index (χ2n) is 5.46. The van der Waals surface area contributed by atoms with Gasteiger partial charge in [-0.2, -0.15) is 13.0 Å². The fraction of sp³-hybridized carbons (Fsp3) is 0.188. The molecule has 0 aliphatic carbocycles. The van der Waals surface area contributed by atoms with Crippen molar-refractivity contribution in [1.29, 1.82) is 0 Å². The fourth-order valence-electron chi connectivity index (χ4n) is 2.45. The average molecular weight is 652 g/mol. The summed E-state index contributed by atoms with van der Waals surface area (Å²) in [6.45, 7) is 0.393. The maximum atomic E-state index is 13.0. The number of aliphatic hydroxyl groups excluding tert-OH is 1. The van der Waals surface area contributed by atoms with Crippen molar-refractivity contribution in [3.05, 3.63) is 67.4 Å². The molecular formula is C16H20ClI2N5O3S. The molecule has 2 aromatic heterocycles. The summed E-state index contributed by atoms with van der Waals surface area (Å²) in [4.78, 5) is 0.182. The summed E-state index contributed by atoms with van der Waals surface area (Å²) in [6.07, 6.45) is 4.83. The number of anilines is 1. The van der Waals surface area contributed by atoms with Gasteiger partial charge in [-0.15, -0.1) is 4.57 Å². The lowest BCUT2D eigenvalue weighted by molar-refractivity contribution is -0.953. The largest absolute Gasteiger partial charge is 1.00 e. The number of hydrogen-bond donors (Lipinski definition) is 2. The molecule has 154 valence electrons. The van der Waals surface area contributed by atoms with Gasteiger partial charge in [0.2, 0.25) is 0 Å². The van der Waals surface area contributed by atoms with E-state index in [9.17, 15) is 8.42 Å². The minimum Gasteiger partial charge on any atom is -1.00 e. The average Bonchev–Trinajstić information content (AvgIpc) is 3.01. The minimum absolute atomic E-state index is 0. The first-order valence-corrected chi connectivity index (χ1v) is 9.13. The van der Waals surface area contributed by atoms with Crippen molar-refractivity contribution >= 4 is 15.8 Å². The smallest absolute Gasteiger partial charge is 0.436 e. The van der Waals surface area contributed by atoms with Gasteiger partial charge in [0.15, 0.2) is 6.54 Å². The maximum absolute atomic E-state index is 13.0. The molecule has 0 radical (unpaired) electrons. The van der Waals surface area contributed by atoms with Crippen LogP contribution >= 0.6 is 0 Å². The quantitative estimate of drug-likeness (QED) is 0.205. The van der Waals surface area contributed by atoms with Gasteiger partial charge in [-0.05, 0) is 18.2 Å². The third kappa shape index (κ3) is 5.98. The maximum Gasteiger partial charge on any atom is 0.436 e. The van der Waals surface area contributed by atoms with E-state index in [1.165, 1.54) is 11.0 Å². The van der Waals surface area contributed by atoms with Gasteiger partial charge >= 0.3 is 29.3 Å². The summed E-state index contributed by atoms with van der Waals surface area (Å²) >= 11 is 0. The van der Waals surface area contributed by atoms with Crippen molar-refractivity contribution in [2.24, 2.45) is 0 Å². The molecule has 0 saturated carbocycles. The Kier molecular flexibility index (Phi) is 11.4. The summed E-state index contributed by atoms with van der Waals surface area (Å²) in [5.74, 6) is 0.508. The van der Waals surface area contributed by atoms with Gasteiger partial charge < -0.3 is 65.5 Å². The molecule has 0 amide bonds. The molecule has 0 atom stereocenters. The Hall–Kier alpha value is -1.03. The summed E-state index contributed by atoms with van der Waals surface area (Å²) in [5, 5.41) is 9.16. The monoisotopic (exact) mass is 651 g/mol. The van der Waals surface area contributed by atoms with Gasteiger partial charge in [0.1, 0.15) is 6.61 Å². The van der Waals surface area contributed by atoms with E-state index < -0.39 is 10.0 Å². The standard InChI is InChI=1S/C16H19N5O3S.ClH.2HI/c17-16-8-4-5-9-19(16)14-20-12-18(10-11-22)13-21(20)25(23,24)15-6-2-1-3-7-15;;;/h1-9,12-13,17,22H,10-11,14H2;3*1H/q+2;;;/p-2. The van der Waals surface area contributed by atoms with Gasteiger partial charge in [0.25, 0.3) is 5.82 Å².